The number of hydrogen-bond acceptors (Lipinski definition) is 2. The number of nitrogens with one attached hydrogen (secondary N) is 1. The van der Waals surface area contributed by atoms with Crippen molar-refractivity contribution in [2.75, 3.05) is 0 Å². The Hall–Kier alpha value is -0.340. The molecule has 1 aliphatic carbocycles. The van der Waals surface area contributed by atoms with E-state index in [0.29, 0.717) is 11.5 Å². The maximum absolute atomic E-state index is 3.65. The number of rotatable bonds is 4. The standard InChI is InChI=1S/C13H21NS/c1-9-7-12(15-10(9)2)8-14-11(3)13(4)5-6-13/h7,11,14H,5-6,8H2,1-4H3. The Balaban J connectivity index is 1.87. The first-order chi connectivity index (χ1) is 7.01. The summed E-state index contributed by atoms with van der Waals surface area (Å²) in [4.78, 5) is 2.93. The molecule has 0 radical (unpaired) electrons. The van der Waals surface area contributed by atoms with Gasteiger partial charge >= 0.3 is 0 Å². The van der Waals surface area contributed by atoms with Crippen LogP contribution in [0.2, 0.25) is 0 Å². The van der Waals surface area contributed by atoms with Gasteiger partial charge in [-0.1, -0.05) is 6.92 Å². The van der Waals surface area contributed by atoms with Gasteiger partial charge in [0, 0.05) is 22.3 Å². The molecule has 2 rings (SSSR count). The van der Waals surface area contributed by atoms with Crippen LogP contribution >= 0.6 is 11.3 Å². The Morgan fingerprint density at radius 3 is 2.60 bits per heavy atom. The number of thiophene rings is 1. The van der Waals surface area contributed by atoms with Crippen LogP contribution in [0.5, 0.6) is 0 Å². The first kappa shape index (κ1) is 11.2. The van der Waals surface area contributed by atoms with E-state index in [-0.39, 0.29) is 0 Å². The molecule has 1 heterocycles. The first-order valence-corrected chi connectivity index (χ1v) is 6.62. The van der Waals surface area contributed by atoms with Crippen LogP contribution in [0, 0.1) is 19.3 Å². The Morgan fingerprint density at radius 1 is 1.47 bits per heavy atom. The van der Waals surface area contributed by atoms with Gasteiger partial charge in [0.1, 0.15) is 0 Å². The summed E-state index contributed by atoms with van der Waals surface area (Å²) in [6, 6.07) is 2.97. The van der Waals surface area contributed by atoms with Gasteiger partial charge in [0.15, 0.2) is 0 Å². The van der Waals surface area contributed by atoms with Gasteiger partial charge in [-0.2, -0.15) is 0 Å². The first-order valence-electron chi connectivity index (χ1n) is 5.80. The van der Waals surface area contributed by atoms with Crippen molar-refractivity contribution in [3.05, 3.63) is 21.4 Å². The zero-order valence-corrected chi connectivity index (χ0v) is 11.0. The van der Waals surface area contributed by atoms with E-state index in [9.17, 15) is 0 Å². The lowest BCUT2D eigenvalue weighted by Gasteiger charge is -2.19. The van der Waals surface area contributed by atoms with Crippen molar-refractivity contribution < 1.29 is 0 Å². The van der Waals surface area contributed by atoms with E-state index >= 15 is 0 Å². The lowest BCUT2D eigenvalue weighted by molar-refractivity contribution is 0.381. The normalized spacial score (nSPS) is 20.3. The van der Waals surface area contributed by atoms with E-state index in [1.807, 2.05) is 11.3 Å². The fraction of sp³-hybridized carbons (Fsp3) is 0.692. The highest BCUT2D eigenvalue weighted by Crippen LogP contribution is 2.48. The molecule has 15 heavy (non-hydrogen) atoms. The van der Waals surface area contributed by atoms with Crippen LogP contribution in [0.1, 0.15) is 42.0 Å². The van der Waals surface area contributed by atoms with E-state index in [1.54, 1.807) is 0 Å². The van der Waals surface area contributed by atoms with Gasteiger partial charge in [-0.15, -0.1) is 11.3 Å². The van der Waals surface area contributed by atoms with Crippen LogP contribution in [-0.4, -0.2) is 6.04 Å². The number of aryl methyl sites for hydroxylation is 2. The van der Waals surface area contributed by atoms with Crippen molar-refractivity contribution in [3.8, 4) is 0 Å². The van der Waals surface area contributed by atoms with Gasteiger partial charge in [0.2, 0.25) is 0 Å². The van der Waals surface area contributed by atoms with Crippen molar-refractivity contribution in [2.24, 2.45) is 5.41 Å². The van der Waals surface area contributed by atoms with E-state index in [4.69, 9.17) is 0 Å². The summed E-state index contributed by atoms with van der Waals surface area (Å²) in [5.41, 5.74) is 2.02. The minimum Gasteiger partial charge on any atom is -0.309 e. The molecule has 1 saturated carbocycles. The van der Waals surface area contributed by atoms with Crippen LogP contribution in [0.3, 0.4) is 0 Å². The quantitative estimate of drug-likeness (QED) is 0.821. The molecule has 1 aromatic heterocycles. The minimum absolute atomic E-state index is 0.585. The highest BCUT2D eigenvalue weighted by atomic mass is 32.1. The van der Waals surface area contributed by atoms with Crippen molar-refractivity contribution in [1.82, 2.24) is 5.32 Å². The molecule has 1 nitrogen and oxygen atoms in total. The van der Waals surface area contributed by atoms with Gasteiger partial charge < -0.3 is 5.32 Å². The third-order valence-electron chi connectivity index (χ3n) is 3.88. The smallest absolute Gasteiger partial charge is 0.0302 e. The second kappa shape index (κ2) is 3.91. The summed E-state index contributed by atoms with van der Waals surface area (Å²) in [6.45, 7) is 10.1. The maximum Gasteiger partial charge on any atom is 0.0302 e. The average Bonchev–Trinajstić information content (AvgIpc) is 2.85. The molecule has 0 aliphatic heterocycles. The van der Waals surface area contributed by atoms with Gasteiger partial charge in [0.05, 0.1) is 0 Å². The zero-order valence-electron chi connectivity index (χ0n) is 10.2. The largest absolute Gasteiger partial charge is 0.309 e. The molecule has 0 saturated heterocycles. The molecule has 1 aromatic rings. The third kappa shape index (κ3) is 2.43. The highest BCUT2D eigenvalue weighted by Gasteiger charge is 2.42. The molecular weight excluding hydrogens is 202 g/mol. The molecule has 1 fully saturated rings. The lowest BCUT2D eigenvalue weighted by Crippen LogP contribution is -2.32. The monoisotopic (exact) mass is 223 g/mol. The second-order valence-electron chi connectivity index (χ2n) is 5.21. The molecule has 84 valence electrons. The lowest BCUT2D eigenvalue weighted by atomic mass is 10.0. The molecule has 1 unspecified atom stereocenters. The van der Waals surface area contributed by atoms with Gasteiger partial charge in [0.25, 0.3) is 0 Å². The molecule has 1 atom stereocenters. The Morgan fingerprint density at radius 2 is 2.13 bits per heavy atom. The fourth-order valence-electron chi connectivity index (χ4n) is 1.87. The summed E-state index contributed by atoms with van der Waals surface area (Å²) in [5.74, 6) is 0. The van der Waals surface area contributed by atoms with Crippen molar-refractivity contribution in [3.63, 3.8) is 0 Å². The zero-order chi connectivity index (χ0) is 11.1. The molecule has 0 amide bonds. The average molecular weight is 223 g/mol. The van der Waals surface area contributed by atoms with E-state index in [1.165, 1.54) is 28.2 Å². The van der Waals surface area contributed by atoms with Crippen molar-refractivity contribution in [1.29, 1.82) is 0 Å². The molecule has 1 N–H and O–H groups in total. The summed E-state index contributed by atoms with van der Waals surface area (Å²) < 4.78 is 0. The van der Waals surface area contributed by atoms with Gasteiger partial charge in [-0.25, -0.2) is 0 Å². The number of hydrogen-bond donors (Lipinski definition) is 1. The Kier molecular flexibility index (Phi) is 2.91. The molecular formula is C13H21NS. The molecule has 0 spiro atoms. The molecule has 2 heteroatoms. The topological polar surface area (TPSA) is 12.0 Å². The fourth-order valence-corrected chi connectivity index (χ4v) is 2.87. The summed E-state index contributed by atoms with van der Waals surface area (Å²) in [7, 11) is 0. The minimum atomic E-state index is 0.585. The van der Waals surface area contributed by atoms with E-state index < -0.39 is 0 Å². The Bertz CT molecular complexity index is 330. The van der Waals surface area contributed by atoms with E-state index in [2.05, 4.69) is 39.1 Å². The van der Waals surface area contributed by atoms with Gasteiger partial charge in [-0.05, 0) is 50.7 Å². The second-order valence-corrected chi connectivity index (χ2v) is 6.55. The van der Waals surface area contributed by atoms with Crippen LogP contribution < -0.4 is 5.32 Å². The summed E-state index contributed by atoms with van der Waals surface area (Å²) >= 11 is 1.92. The Labute approximate surface area is 96.9 Å². The third-order valence-corrected chi connectivity index (χ3v) is 5.04. The van der Waals surface area contributed by atoms with Crippen LogP contribution in [0.15, 0.2) is 6.07 Å². The van der Waals surface area contributed by atoms with Crippen LogP contribution in [0.25, 0.3) is 0 Å². The molecule has 0 aromatic carbocycles. The van der Waals surface area contributed by atoms with Crippen LogP contribution in [-0.2, 0) is 6.54 Å². The SMILES string of the molecule is Cc1cc(CNC(C)C2(C)CC2)sc1C. The summed E-state index contributed by atoms with van der Waals surface area (Å²) in [5, 5.41) is 3.65. The van der Waals surface area contributed by atoms with Crippen LogP contribution in [0.4, 0.5) is 0 Å². The van der Waals surface area contributed by atoms with E-state index in [0.717, 1.165) is 6.54 Å². The summed E-state index contributed by atoms with van der Waals surface area (Å²) in [6.07, 6.45) is 2.79. The van der Waals surface area contributed by atoms with Crippen molar-refractivity contribution in [2.45, 2.75) is 53.1 Å². The maximum atomic E-state index is 3.65. The van der Waals surface area contributed by atoms with Crippen molar-refractivity contribution >= 4 is 11.3 Å². The molecule has 0 bridgehead atoms. The molecule has 1 aliphatic rings. The predicted molar refractivity (Wildman–Crippen MR) is 67.4 cm³/mol. The van der Waals surface area contributed by atoms with Gasteiger partial charge in [-0.3, -0.25) is 0 Å². The highest BCUT2D eigenvalue weighted by molar-refractivity contribution is 7.12. The predicted octanol–water partition coefficient (Wildman–Crippen LogP) is 3.64.